The number of aromatic nitrogens is 2. The molecule has 1 heterocycles. The Morgan fingerprint density at radius 2 is 1.32 bits per heavy atom. The molecule has 7 nitrogen and oxygen atoms in total. The molecule has 0 bridgehead atoms. The maximum absolute atomic E-state index is 12.9. The van der Waals surface area contributed by atoms with Crippen molar-refractivity contribution in [1.82, 2.24) is 9.55 Å². The second-order valence-electron chi connectivity index (χ2n) is 9.85. The van der Waals surface area contributed by atoms with Crippen molar-refractivity contribution in [2.75, 3.05) is 6.61 Å². The van der Waals surface area contributed by atoms with Gasteiger partial charge in [-0.3, -0.25) is 0 Å². The summed E-state index contributed by atoms with van der Waals surface area (Å²) in [6.07, 6.45) is 3.02. The summed E-state index contributed by atoms with van der Waals surface area (Å²) in [6, 6.07) is 43.3. The molecule has 0 aliphatic carbocycles. The molecule has 4 aromatic carbocycles. The molecule has 5 rings (SSSR count). The molecule has 0 saturated carbocycles. The molecule has 0 fully saturated rings. The van der Waals surface area contributed by atoms with Crippen LogP contribution >= 0.6 is 0 Å². The zero-order valence-corrected chi connectivity index (χ0v) is 25.6. The Balaban J connectivity index is 1.53. The van der Waals surface area contributed by atoms with E-state index in [1.807, 2.05) is 121 Å². The molecule has 0 amide bonds. The average Bonchev–Trinajstić information content (AvgIpc) is 3.07. The molecule has 8 heteroatoms. The summed E-state index contributed by atoms with van der Waals surface area (Å²) < 4.78 is 16.1. The van der Waals surface area contributed by atoms with Crippen LogP contribution in [0.5, 0.6) is 0 Å². The third-order valence-electron chi connectivity index (χ3n) is 7.02. The fraction of sp³-hybridized carbons (Fsp3) is 0.139. The molecule has 0 saturated heterocycles. The Morgan fingerprint density at radius 1 is 0.795 bits per heavy atom. The minimum atomic E-state index is -0.996. The third kappa shape index (κ3) is 7.41. The van der Waals surface area contributed by atoms with Crippen LogP contribution in [-0.4, -0.2) is 37.2 Å². The molecule has 0 unspecified atom stereocenters. The summed E-state index contributed by atoms with van der Waals surface area (Å²) in [5.74, 6) is 0. The first-order valence-electron chi connectivity index (χ1n) is 14.1. The van der Waals surface area contributed by atoms with Crippen molar-refractivity contribution in [3.8, 4) is 6.07 Å². The standard InChI is InChI=1S/C36H31N3O4Se/c37-24-13-20-31(43-34(27-44-32-21-11-4-12-22-32)39-25-23-33(40)38-35(39)41)26-42-36(28-14-5-1-6-15-28,29-16-7-2-8-17-29)30-18-9-3-10-19-30/h1-23,25,31,34H,26-27H2,(H,38,40,41)/b20-13-/t31-,34+/m0/s1. The van der Waals surface area contributed by atoms with Crippen LogP contribution in [0.2, 0.25) is 5.32 Å². The zero-order chi connectivity index (χ0) is 30.6. The number of hydrogen-bond donors (Lipinski definition) is 1. The van der Waals surface area contributed by atoms with Crippen LogP contribution in [0.15, 0.2) is 155 Å². The van der Waals surface area contributed by atoms with E-state index in [-0.39, 0.29) is 21.6 Å². The van der Waals surface area contributed by atoms with E-state index in [1.54, 1.807) is 6.08 Å². The van der Waals surface area contributed by atoms with Crippen LogP contribution in [0.25, 0.3) is 0 Å². The summed E-state index contributed by atoms with van der Waals surface area (Å²) in [5, 5.41) is 9.93. The normalized spacial score (nSPS) is 12.9. The van der Waals surface area contributed by atoms with Gasteiger partial charge in [0.15, 0.2) is 0 Å². The molecule has 0 aliphatic heterocycles. The Kier molecular flexibility index (Phi) is 10.5. The molecule has 1 N–H and O–H groups in total. The molecule has 5 aromatic rings. The predicted octanol–water partition coefficient (Wildman–Crippen LogP) is 4.96. The van der Waals surface area contributed by atoms with E-state index in [0.717, 1.165) is 21.2 Å². The summed E-state index contributed by atoms with van der Waals surface area (Å²) >= 11 is -0.0479. The van der Waals surface area contributed by atoms with Gasteiger partial charge in [-0.15, -0.1) is 0 Å². The van der Waals surface area contributed by atoms with Gasteiger partial charge in [-0.1, -0.05) is 0 Å². The van der Waals surface area contributed by atoms with Crippen molar-refractivity contribution < 1.29 is 9.47 Å². The number of hydrogen-bond acceptors (Lipinski definition) is 5. The topological polar surface area (TPSA) is 97.1 Å². The Hall–Kier alpha value is -4.77. The van der Waals surface area contributed by atoms with Gasteiger partial charge in [0.1, 0.15) is 0 Å². The van der Waals surface area contributed by atoms with Crippen molar-refractivity contribution in [3.63, 3.8) is 0 Å². The van der Waals surface area contributed by atoms with E-state index >= 15 is 0 Å². The summed E-state index contributed by atoms with van der Waals surface area (Å²) in [7, 11) is 0. The van der Waals surface area contributed by atoms with Crippen LogP contribution < -0.4 is 15.7 Å². The number of H-pyrrole nitrogens is 1. The average molecular weight is 649 g/mol. The third-order valence-corrected chi connectivity index (χ3v) is 9.24. The first-order chi connectivity index (χ1) is 21.6. The van der Waals surface area contributed by atoms with Gasteiger partial charge in [-0.05, 0) is 0 Å². The van der Waals surface area contributed by atoms with Gasteiger partial charge in [-0.2, -0.15) is 0 Å². The number of allylic oxidation sites excluding steroid dienone is 1. The number of aromatic amines is 1. The molecular formula is C36H31N3O4Se. The van der Waals surface area contributed by atoms with Crippen LogP contribution in [0.4, 0.5) is 0 Å². The van der Waals surface area contributed by atoms with Gasteiger partial charge >= 0.3 is 263 Å². The van der Waals surface area contributed by atoms with Gasteiger partial charge in [0.25, 0.3) is 0 Å². The van der Waals surface area contributed by atoms with Gasteiger partial charge < -0.3 is 0 Å². The number of nitrogens with zero attached hydrogens (tertiary/aromatic N) is 2. The molecule has 0 aliphatic rings. The van der Waals surface area contributed by atoms with E-state index in [1.165, 1.54) is 22.9 Å². The zero-order valence-electron chi connectivity index (χ0n) is 23.9. The van der Waals surface area contributed by atoms with Gasteiger partial charge in [0.2, 0.25) is 0 Å². The molecule has 220 valence electrons. The summed E-state index contributed by atoms with van der Waals surface area (Å²) in [6.45, 7) is 0.0593. The maximum atomic E-state index is 12.9. The molecular weight excluding hydrogens is 617 g/mol. The number of benzene rings is 4. The fourth-order valence-corrected chi connectivity index (χ4v) is 6.93. The van der Waals surface area contributed by atoms with Crippen molar-refractivity contribution in [1.29, 1.82) is 5.26 Å². The fourth-order valence-electron chi connectivity index (χ4n) is 4.99. The monoisotopic (exact) mass is 649 g/mol. The predicted molar refractivity (Wildman–Crippen MR) is 172 cm³/mol. The molecule has 44 heavy (non-hydrogen) atoms. The first kappa shape index (κ1) is 30.7. The quantitative estimate of drug-likeness (QED) is 0.111. The van der Waals surface area contributed by atoms with Crippen LogP contribution in [0.3, 0.4) is 0 Å². The van der Waals surface area contributed by atoms with Crippen molar-refractivity contribution >= 4 is 19.4 Å². The van der Waals surface area contributed by atoms with Crippen molar-refractivity contribution in [3.05, 3.63) is 183 Å². The molecule has 1 aromatic heterocycles. The number of rotatable bonds is 13. The SMILES string of the molecule is N#C/C=C\[C@@H](COC(c1ccccc1)(c1ccccc1)c1ccccc1)O[C@H](C[Se]c1ccccc1)n1ccc(=O)[nH]c1=O. The summed E-state index contributed by atoms with van der Waals surface area (Å²) in [4.78, 5) is 27.1. The number of ether oxygens (including phenoxy) is 2. The van der Waals surface area contributed by atoms with E-state index in [2.05, 4.69) is 11.1 Å². The Labute approximate surface area is 262 Å². The second kappa shape index (κ2) is 15.1. The second-order valence-corrected chi connectivity index (χ2v) is 12.1. The van der Waals surface area contributed by atoms with Gasteiger partial charge in [0, 0.05) is 0 Å². The van der Waals surface area contributed by atoms with E-state index < -0.39 is 29.2 Å². The molecule has 0 radical (unpaired) electrons. The van der Waals surface area contributed by atoms with Crippen molar-refractivity contribution in [2.24, 2.45) is 0 Å². The van der Waals surface area contributed by atoms with Crippen LogP contribution in [0, 0.1) is 11.3 Å². The first-order valence-corrected chi connectivity index (χ1v) is 16.2. The van der Waals surface area contributed by atoms with Gasteiger partial charge in [0.05, 0.1) is 0 Å². The van der Waals surface area contributed by atoms with Crippen LogP contribution in [0.1, 0.15) is 22.9 Å². The molecule has 2 atom stereocenters. The van der Waals surface area contributed by atoms with Crippen LogP contribution in [-0.2, 0) is 15.1 Å². The number of nitriles is 1. The summed E-state index contributed by atoms with van der Waals surface area (Å²) in [5.41, 5.74) is 0.747. The minimum absolute atomic E-state index is 0.0479. The van der Waals surface area contributed by atoms with E-state index in [9.17, 15) is 14.9 Å². The van der Waals surface area contributed by atoms with E-state index in [0.29, 0.717) is 5.32 Å². The van der Waals surface area contributed by atoms with Crippen molar-refractivity contribution in [2.45, 2.75) is 23.3 Å². The van der Waals surface area contributed by atoms with E-state index in [4.69, 9.17) is 9.47 Å². The number of nitrogens with one attached hydrogen (secondary N) is 1. The van der Waals surface area contributed by atoms with Gasteiger partial charge in [-0.25, -0.2) is 0 Å². The Bertz CT molecular complexity index is 1700. The Morgan fingerprint density at radius 3 is 1.82 bits per heavy atom. The molecule has 0 spiro atoms.